The smallest absolute Gasteiger partial charge is 0.405 e. The maximum Gasteiger partial charge on any atom is 0.405 e. The van der Waals surface area contributed by atoms with E-state index in [-0.39, 0.29) is 28.8 Å². The van der Waals surface area contributed by atoms with Gasteiger partial charge in [-0.25, -0.2) is 28.3 Å². The Balaban J connectivity index is 1.15. The first kappa shape index (κ1) is 57.9. The zero-order chi connectivity index (χ0) is 56.1. The summed E-state index contributed by atoms with van der Waals surface area (Å²) in [6.07, 6.45) is -4.53. The number of carbonyl (C=O) groups excluding carboxylic acids is 3. The van der Waals surface area contributed by atoms with Gasteiger partial charge in [-0.15, -0.1) is 0 Å². The topological polar surface area (TPSA) is 207 Å². The lowest BCUT2D eigenvalue weighted by Crippen LogP contribution is -2.62. The highest BCUT2D eigenvalue weighted by molar-refractivity contribution is 5.88. The molecule has 2 bridgehead atoms. The average Bonchev–Trinajstić information content (AvgIpc) is 3.93. The molecule has 6 atom stereocenters. The number of nitrogens with one attached hydrogen (secondary N) is 4. The Kier molecular flexibility index (Phi) is 17.9. The van der Waals surface area contributed by atoms with Crippen LogP contribution in [-0.4, -0.2) is 140 Å². The lowest BCUT2D eigenvalue weighted by atomic mass is 9.82. The highest BCUT2D eigenvalue weighted by atomic mass is 19.4. The lowest BCUT2D eigenvalue weighted by Gasteiger charge is -2.47. The molecule has 4 amide bonds. The molecule has 3 fully saturated rings. The fourth-order valence-electron chi connectivity index (χ4n) is 9.65. The quantitative estimate of drug-likeness (QED) is 0.0355. The predicted octanol–water partition coefficient (Wildman–Crippen LogP) is 6.16. The van der Waals surface area contributed by atoms with Crippen molar-refractivity contribution in [3.63, 3.8) is 0 Å². The van der Waals surface area contributed by atoms with E-state index < -0.39 is 102 Å². The van der Waals surface area contributed by atoms with Gasteiger partial charge in [0.05, 0.1) is 42.5 Å². The molecule has 3 aliphatic heterocycles. The number of hydrogen-bond acceptors (Lipinski definition) is 11. The van der Waals surface area contributed by atoms with Gasteiger partial charge < -0.3 is 35.8 Å². The van der Waals surface area contributed by atoms with Crippen molar-refractivity contribution < 1.29 is 64.9 Å². The molecule has 0 radical (unpaired) electrons. The van der Waals surface area contributed by atoms with Gasteiger partial charge in [-0.05, 0) is 86.6 Å². The van der Waals surface area contributed by atoms with Crippen LogP contribution in [0.2, 0.25) is 0 Å². The molecule has 6 N–H and O–H groups in total. The van der Waals surface area contributed by atoms with Gasteiger partial charge in [0.1, 0.15) is 29.5 Å². The zero-order valence-electron chi connectivity index (χ0n) is 43.3. The van der Waals surface area contributed by atoms with E-state index in [4.69, 9.17) is 9.72 Å². The van der Waals surface area contributed by atoms with Crippen LogP contribution in [0, 0.1) is 34.3 Å². The summed E-state index contributed by atoms with van der Waals surface area (Å²) in [7, 11) is 0. The molecule has 2 aromatic heterocycles. The van der Waals surface area contributed by atoms with Gasteiger partial charge in [-0.2, -0.15) is 27.1 Å². The van der Waals surface area contributed by atoms with Gasteiger partial charge in [0.2, 0.25) is 11.8 Å². The molecule has 2 aromatic carbocycles. The van der Waals surface area contributed by atoms with Crippen LogP contribution < -0.4 is 26.3 Å². The Morgan fingerprint density at radius 1 is 0.844 bits per heavy atom. The van der Waals surface area contributed by atoms with Crippen LogP contribution in [-0.2, 0) is 32.1 Å². The molecule has 0 saturated carbocycles. The van der Waals surface area contributed by atoms with Crippen LogP contribution in [0.5, 0.6) is 0 Å². The molecule has 0 aliphatic carbocycles. The molecule has 3 saturated heterocycles. The molecular weight excluding hydrogens is 1020 g/mol. The summed E-state index contributed by atoms with van der Waals surface area (Å²) in [5.41, 5.74) is -1.08. The summed E-state index contributed by atoms with van der Waals surface area (Å²) >= 11 is 0. The number of aromatic nitrogens is 3. The van der Waals surface area contributed by atoms with Gasteiger partial charge in [0, 0.05) is 79.3 Å². The minimum Gasteiger partial charge on any atom is -0.465 e. The average molecular weight is 1090 g/mol. The van der Waals surface area contributed by atoms with E-state index in [1.54, 1.807) is 63.5 Å². The van der Waals surface area contributed by atoms with Crippen LogP contribution in [0.4, 0.5) is 41.3 Å². The van der Waals surface area contributed by atoms with E-state index in [0.717, 1.165) is 74.4 Å². The number of nitrogens with zero attached hydrogens (tertiary/aromatic N) is 6. The first-order chi connectivity index (χ1) is 36.2. The number of hydrazine groups is 1. The Morgan fingerprint density at radius 2 is 1.47 bits per heavy atom. The number of hydrogen-bond donors (Lipinski definition) is 6. The van der Waals surface area contributed by atoms with Crippen LogP contribution in [0.3, 0.4) is 0 Å². The van der Waals surface area contributed by atoms with Gasteiger partial charge >= 0.3 is 18.8 Å². The number of ether oxygens (including phenoxy) is 1. The SMILES string of the molecule is CCC(=O)NC(C(=O)NN(Cc1c(F)cc(-c2ccn(C(F)F)n2)cc1F)C[C@H](O)[C@H](Cc1ccc(C#Cc2ccc(N3CC4CCC(C3)N4C3COC3)nc2)cc1)NC(=O)[C@@H](NC(=O)O)C(C)(C)C(F)(F)F)C(C)(C)C. The molecule has 77 heavy (non-hydrogen) atoms. The van der Waals surface area contributed by atoms with Crippen LogP contribution in [0.15, 0.2) is 67.0 Å². The summed E-state index contributed by atoms with van der Waals surface area (Å²) in [5.74, 6) is 1.59. The first-order valence-electron chi connectivity index (χ1n) is 25.1. The number of benzene rings is 2. The molecule has 5 heterocycles. The Morgan fingerprint density at radius 3 is 1.99 bits per heavy atom. The van der Waals surface area contributed by atoms with Gasteiger partial charge in [0.15, 0.2) is 0 Å². The van der Waals surface area contributed by atoms with Crippen molar-refractivity contribution in [1.82, 2.24) is 46.0 Å². The predicted molar refractivity (Wildman–Crippen MR) is 268 cm³/mol. The number of rotatable bonds is 19. The van der Waals surface area contributed by atoms with Crippen molar-refractivity contribution in [3.8, 4) is 23.1 Å². The van der Waals surface area contributed by atoms with Crippen LogP contribution >= 0.6 is 0 Å². The van der Waals surface area contributed by atoms with Crippen molar-refractivity contribution in [1.29, 1.82) is 0 Å². The third-order valence-electron chi connectivity index (χ3n) is 14.2. The fraction of sp³-hybridized carbons (Fsp3) is 0.509. The maximum absolute atomic E-state index is 16.0. The standard InChI is InChI=1S/C53H63F7N10O7/c1-7-44(72)63-45(51(2,3)4)48(74)66-68(26-37-38(54)21-33(22-39(37)55)40-18-19-69(65-40)49(56)57)27-42(71)41(62-47(73)46(64-50(75)76)52(5,6)53(58,59)60)20-31-11-8-30(9-12-31)10-13-32-14-17-43(61-23-32)67-24-34-15-16-35(25-67)70(34)36-28-77-29-36/h8-9,11-12,14,17-19,21-23,34-36,41-42,45-46,49,64,71H,7,15-16,20,24-29H2,1-6H3,(H,62,73)(H,63,72)(H,66,74)(H,75,76)/t34?,35?,41-,42-,45?,46+/m0/s1. The van der Waals surface area contributed by atoms with Gasteiger partial charge in [0.25, 0.3) is 5.91 Å². The van der Waals surface area contributed by atoms with E-state index in [2.05, 4.69) is 42.8 Å². The molecule has 416 valence electrons. The van der Waals surface area contributed by atoms with E-state index >= 15 is 8.78 Å². The van der Waals surface area contributed by atoms with E-state index in [9.17, 15) is 51.3 Å². The van der Waals surface area contributed by atoms with Crippen molar-refractivity contribution >= 4 is 29.6 Å². The summed E-state index contributed by atoms with van der Waals surface area (Å²) in [6, 6.07) is 8.95. The normalized spacial score (nSPS) is 18.7. The maximum atomic E-state index is 16.0. The van der Waals surface area contributed by atoms with Crippen molar-refractivity contribution in [2.24, 2.45) is 10.8 Å². The molecule has 24 heteroatoms. The molecule has 4 aromatic rings. The van der Waals surface area contributed by atoms with Crippen molar-refractivity contribution in [2.45, 2.75) is 129 Å². The van der Waals surface area contributed by atoms with Gasteiger partial charge in [-0.1, -0.05) is 51.7 Å². The summed E-state index contributed by atoms with van der Waals surface area (Å²) in [6.45, 7) is 6.20. The second-order valence-corrected chi connectivity index (χ2v) is 21.2. The Labute approximate surface area is 440 Å². The third-order valence-corrected chi connectivity index (χ3v) is 14.2. The van der Waals surface area contributed by atoms with E-state index in [0.29, 0.717) is 48.7 Å². The first-order valence-corrected chi connectivity index (χ1v) is 25.1. The number of amides is 4. The highest BCUT2D eigenvalue weighted by Gasteiger charge is 2.56. The number of aliphatic hydroxyl groups excluding tert-OH is 1. The Bertz CT molecular complexity index is 2770. The molecular formula is C53H63F7N10O7. The summed E-state index contributed by atoms with van der Waals surface area (Å²) in [5, 5.41) is 32.7. The fourth-order valence-corrected chi connectivity index (χ4v) is 9.65. The summed E-state index contributed by atoms with van der Waals surface area (Å²) in [4.78, 5) is 62.1. The molecule has 7 rings (SSSR count). The number of pyridine rings is 1. The molecule has 3 aliphatic rings. The van der Waals surface area contributed by atoms with Crippen molar-refractivity contribution in [2.75, 3.05) is 37.7 Å². The lowest BCUT2D eigenvalue weighted by molar-refractivity contribution is -0.220. The number of anilines is 1. The Hall–Kier alpha value is -6.81. The number of aliphatic hydroxyl groups is 1. The number of alkyl halides is 5. The minimum absolute atomic E-state index is 0.0277. The molecule has 3 unspecified atom stereocenters. The number of carbonyl (C=O) groups is 4. The highest BCUT2D eigenvalue weighted by Crippen LogP contribution is 2.41. The second kappa shape index (κ2) is 23.8. The van der Waals surface area contributed by atoms with Crippen LogP contribution in [0.25, 0.3) is 11.3 Å². The zero-order valence-corrected chi connectivity index (χ0v) is 43.3. The van der Waals surface area contributed by atoms with Crippen molar-refractivity contribution in [3.05, 3.63) is 101 Å². The third kappa shape index (κ3) is 14.0. The number of piperazine rings is 1. The second-order valence-electron chi connectivity index (χ2n) is 21.2. The van der Waals surface area contributed by atoms with E-state index in [1.165, 1.54) is 0 Å². The van der Waals surface area contributed by atoms with E-state index in [1.807, 2.05) is 12.1 Å². The van der Waals surface area contributed by atoms with Gasteiger partial charge in [-0.3, -0.25) is 24.7 Å². The molecule has 0 spiro atoms. The molecule has 17 nitrogen and oxygen atoms in total. The minimum atomic E-state index is -5.13. The number of carboxylic acid groups (broad SMARTS) is 1. The van der Waals surface area contributed by atoms with Crippen LogP contribution in [0.1, 0.15) is 89.6 Å². The largest absolute Gasteiger partial charge is 0.465 e. The monoisotopic (exact) mass is 1080 g/mol. The number of fused-ring (bicyclic) bond motifs is 2. The summed E-state index contributed by atoms with van der Waals surface area (Å²) < 4.78 is 108. The number of halogens is 7.